The van der Waals surface area contributed by atoms with Gasteiger partial charge in [-0.1, -0.05) is 6.92 Å². The Morgan fingerprint density at radius 3 is 2.33 bits per heavy atom. The molecule has 2 nitrogen and oxygen atoms in total. The summed E-state index contributed by atoms with van der Waals surface area (Å²) in [6, 6.07) is 0.686. The molecular weight excluding hydrogens is 298 g/mol. The van der Waals surface area contributed by atoms with Crippen molar-refractivity contribution in [2.24, 2.45) is 0 Å². The highest BCUT2D eigenvalue weighted by Crippen LogP contribution is 2.37. The molecule has 1 aliphatic heterocycles. The highest BCUT2D eigenvalue weighted by Gasteiger charge is 2.39. The van der Waals surface area contributed by atoms with Crippen LogP contribution in [0.5, 0.6) is 0 Å². The maximum atomic E-state index is 12.8. The van der Waals surface area contributed by atoms with E-state index in [1.54, 1.807) is 0 Å². The van der Waals surface area contributed by atoms with Gasteiger partial charge in [-0.05, 0) is 31.4 Å². The summed E-state index contributed by atoms with van der Waals surface area (Å²) in [6.07, 6.45) is -7.61. The first-order valence-electron chi connectivity index (χ1n) is 6.56. The lowest BCUT2D eigenvalue weighted by Gasteiger charge is -2.26. The number of aromatic nitrogens is 1. The van der Waals surface area contributed by atoms with Crippen molar-refractivity contribution in [3.63, 3.8) is 0 Å². The smallest absolute Gasteiger partial charge is 0.354 e. The fourth-order valence-electron chi connectivity index (χ4n) is 2.53. The van der Waals surface area contributed by atoms with Gasteiger partial charge >= 0.3 is 12.4 Å². The summed E-state index contributed by atoms with van der Waals surface area (Å²) in [5.74, 6) is -0.249. The Balaban J connectivity index is 2.50. The zero-order valence-corrected chi connectivity index (χ0v) is 11.2. The van der Waals surface area contributed by atoms with Crippen LogP contribution in [-0.2, 0) is 12.4 Å². The molecule has 0 amide bonds. The highest BCUT2D eigenvalue weighted by atomic mass is 19.4. The van der Waals surface area contributed by atoms with E-state index in [4.69, 9.17) is 0 Å². The molecule has 0 saturated carbocycles. The fraction of sp³-hybridized carbons (Fsp3) is 0.615. The first kappa shape index (κ1) is 15.9. The molecule has 1 aromatic rings. The lowest BCUT2D eigenvalue weighted by atomic mass is 10.1. The van der Waals surface area contributed by atoms with E-state index in [0.29, 0.717) is 19.0 Å². The zero-order chi connectivity index (χ0) is 15.8. The van der Waals surface area contributed by atoms with Gasteiger partial charge < -0.3 is 4.90 Å². The molecule has 21 heavy (non-hydrogen) atoms. The van der Waals surface area contributed by atoms with E-state index in [1.807, 2.05) is 6.92 Å². The number of halogens is 6. The molecule has 1 unspecified atom stereocenters. The van der Waals surface area contributed by atoms with Gasteiger partial charge in [0.25, 0.3) is 0 Å². The van der Waals surface area contributed by atoms with E-state index >= 15 is 0 Å². The van der Waals surface area contributed by atoms with Gasteiger partial charge in [0.15, 0.2) is 0 Å². The average Bonchev–Trinajstić information content (AvgIpc) is 2.84. The summed E-state index contributed by atoms with van der Waals surface area (Å²) < 4.78 is 76.6. The molecule has 2 rings (SSSR count). The van der Waals surface area contributed by atoms with Crippen LogP contribution < -0.4 is 4.90 Å². The Kier molecular flexibility index (Phi) is 4.08. The lowest BCUT2D eigenvalue weighted by molar-refractivity contribution is -0.145. The van der Waals surface area contributed by atoms with Crippen LogP contribution in [0.2, 0.25) is 0 Å². The fourth-order valence-corrected chi connectivity index (χ4v) is 2.53. The first-order chi connectivity index (χ1) is 9.63. The van der Waals surface area contributed by atoms with Crippen molar-refractivity contribution in [3.8, 4) is 0 Å². The molecule has 1 aromatic heterocycles. The normalized spacial score (nSPS) is 20.1. The van der Waals surface area contributed by atoms with E-state index in [9.17, 15) is 26.3 Å². The molecule has 0 N–H and O–H groups in total. The van der Waals surface area contributed by atoms with E-state index < -0.39 is 23.6 Å². The second-order valence-corrected chi connectivity index (χ2v) is 4.99. The first-order valence-corrected chi connectivity index (χ1v) is 6.56. The van der Waals surface area contributed by atoms with Crippen LogP contribution in [-0.4, -0.2) is 17.6 Å². The predicted octanol–water partition coefficient (Wildman–Crippen LogP) is 4.50. The third-order valence-electron chi connectivity index (χ3n) is 3.57. The standard InChI is InChI=1S/C13H14F6N2/c1-2-9-4-3-5-21(9)11-7-8(12(14,15)16)6-10(20-11)13(17,18)19/h6-7,9H,2-5H2,1H3. The van der Waals surface area contributed by atoms with Gasteiger partial charge in [0.05, 0.1) is 5.56 Å². The van der Waals surface area contributed by atoms with Crippen LogP contribution >= 0.6 is 0 Å². The molecule has 1 aliphatic rings. The molecule has 0 spiro atoms. The number of anilines is 1. The van der Waals surface area contributed by atoms with Crippen LogP contribution in [0.3, 0.4) is 0 Å². The maximum absolute atomic E-state index is 12.8. The van der Waals surface area contributed by atoms with Gasteiger partial charge in [-0.25, -0.2) is 4.98 Å². The van der Waals surface area contributed by atoms with Crippen LogP contribution in [0.15, 0.2) is 12.1 Å². The second kappa shape index (κ2) is 5.38. The number of alkyl halides is 6. The summed E-state index contributed by atoms with van der Waals surface area (Å²) >= 11 is 0. The van der Waals surface area contributed by atoms with Crippen molar-refractivity contribution in [2.75, 3.05) is 11.4 Å². The summed E-state index contributed by atoms with van der Waals surface area (Å²) in [7, 11) is 0. The van der Waals surface area contributed by atoms with Gasteiger partial charge in [-0.15, -0.1) is 0 Å². The minimum Gasteiger partial charge on any atom is -0.354 e. The molecule has 2 heterocycles. The molecule has 1 atom stereocenters. The van der Waals surface area contributed by atoms with Gasteiger partial charge in [0.1, 0.15) is 11.5 Å². The Hall–Kier alpha value is -1.47. The molecule has 0 aromatic carbocycles. The Bertz CT molecular complexity index is 476. The van der Waals surface area contributed by atoms with Crippen molar-refractivity contribution in [2.45, 2.75) is 44.6 Å². The summed E-state index contributed by atoms with van der Waals surface area (Å²) in [5.41, 5.74) is -2.82. The van der Waals surface area contributed by atoms with Crippen LogP contribution in [0.25, 0.3) is 0 Å². The number of nitrogens with zero attached hydrogens (tertiary/aromatic N) is 2. The SMILES string of the molecule is CCC1CCCN1c1cc(C(F)(F)F)cc(C(F)(F)F)n1. The van der Waals surface area contributed by atoms with E-state index in [1.165, 1.54) is 4.90 Å². The Morgan fingerprint density at radius 2 is 1.81 bits per heavy atom. The number of rotatable bonds is 2. The number of hydrogen-bond acceptors (Lipinski definition) is 2. The van der Waals surface area contributed by atoms with Gasteiger partial charge in [-0.2, -0.15) is 26.3 Å². The molecule has 1 saturated heterocycles. The molecular formula is C13H14F6N2. The summed E-state index contributed by atoms with van der Waals surface area (Å²) in [5, 5.41) is 0. The predicted molar refractivity (Wildman–Crippen MR) is 64.9 cm³/mol. The van der Waals surface area contributed by atoms with Crippen molar-refractivity contribution < 1.29 is 26.3 Å². The topological polar surface area (TPSA) is 16.1 Å². The maximum Gasteiger partial charge on any atom is 0.433 e. The zero-order valence-electron chi connectivity index (χ0n) is 11.2. The van der Waals surface area contributed by atoms with Crippen LogP contribution in [0.4, 0.5) is 32.2 Å². The van der Waals surface area contributed by atoms with Crippen LogP contribution in [0.1, 0.15) is 37.4 Å². The quantitative estimate of drug-likeness (QED) is 0.748. The lowest BCUT2D eigenvalue weighted by Crippen LogP contribution is -2.30. The largest absolute Gasteiger partial charge is 0.433 e. The summed E-state index contributed by atoms with van der Waals surface area (Å²) in [4.78, 5) is 4.93. The molecule has 8 heteroatoms. The molecule has 0 radical (unpaired) electrons. The Labute approximate surface area is 117 Å². The number of hydrogen-bond donors (Lipinski definition) is 0. The molecule has 118 valence electrons. The van der Waals surface area contributed by atoms with Crippen molar-refractivity contribution >= 4 is 5.82 Å². The van der Waals surface area contributed by atoms with Crippen molar-refractivity contribution in [3.05, 3.63) is 23.4 Å². The van der Waals surface area contributed by atoms with Gasteiger partial charge in [-0.3, -0.25) is 0 Å². The number of pyridine rings is 1. The van der Waals surface area contributed by atoms with E-state index in [2.05, 4.69) is 4.98 Å². The van der Waals surface area contributed by atoms with Gasteiger partial charge in [0.2, 0.25) is 0 Å². The minimum absolute atomic E-state index is 0.0561. The minimum atomic E-state index is -4.91. The third kappa shape index (κ3) is 3.41. The van der Waals surface area contributed by atoms with E-state index in [-0.39, 0.29) is 17.9 Å². The van der Waals surface area contributed by atoms with Gasteiger partial charge in [0, 0.05) is 12.6 Å². The summed E-state index contributed by atoms with van der Waals surface area (Å²) in [6.45, 7) is 2.27. The van der Waals surface area contributed by atoms with Crippen molar-refractivity contribution in [1.82, 2.24) is 4.98 Å². The van der Waals surface area contributed by atoms with E-state index in [0.717, 1.165) is 12.8 Å². The third-order valence-corrected chi connectivity index (χ3v) is 3.57. The average molecular weight is 312 g/mol. The Morgan fingerprint density at radius 1 is 1.14 bits per heavy atom. The molecule has 1 fully saturated rings. The second-order valence-electron chi connectivity index (χ2n) is 4.99. The van der Waals surface area contributed by atoms with Crippen molar-refractivity contribution in [1.29, 1.82) is 0 Å². The highest BCUT2D eigenvalue weighted by molar-refractivity contribution is 5.46. The monoisotopic (exact) mass is 312 g/mol. The molecule has 0 bridgehead atoms. The molecule has 0 aliphatic carbocycles. The van der Waals surface area contributed by atoms with Crippen LogP contribution in [0, 0.1) is 0 Å².